The SMILES string of the molecule is Clc1cccc(-c2cc(CBr)ncn2)c1Cl. The van der Waals surface area contributed by atoms with Crippen molar-refractivity contribution in [1.29, 1.82) is 0 Å². The number of hydrogen-bond acceptors (Lipinski definition) is 2. The lowest BCUT2D eigenvalue weighted by Crippen LogP contribution is -1.91. The van der Waals surface area contributed by atoms with Crippen LogP contribution in [-0.4, -0.2) is 9.97 Å². The van der Waals surface area contributed by atoms with Crippen molar-refractivity contribution in [2.45, 2.75) is 5.33 Å². The quantitative estimate of drug-likeness (QED) is 0.770. The molecule has 2 rings (SSSR count). The third kappa shape index (κ3) is 2.37. The van der Waals surface area contributed by atoms with Gasteiger partial charge in [0.1, 0.15) is 6.33 Å². The molecule has 1 aromatic carbocycles. The second-order valence-corrected chi connectivity index (χ2v) is 4.48. The second kappa shape index (κ2) is 5.13. The lowest BCUT2D eigenvalue weighted by Gasteiger charge is -2.05. The zero-order valence-corrected chi connectivity index (χ0v) is 11.2. The van der Waals surface area contributed by atoms with Gasteiger partial charge in [0.15, 0.2) is 0 Å². The Morgan fingerprint density at radius 2 is 2.00 bits per heavy atom. The van der Waals surface area contributed by atoms with Crippen molar-refractivity contribution in [3.63, 3.8) is 0 Å². The van der Waals surface area contributed by atoms with Crippen molar-refractivity contribution in [3.8, 4) is 11.3 Å². The molecule has 0 fully saturated rings. The Hall–Kier alpha value is -0.640. The number of rotatable bonds is 2. The maximum atomic E-state index is 6.12. The normalized spacial score (nSPS) is 10.4. The van der Waals surface area contributed by atoms with Crippen LogP contribution in [0.5, 0.6) is 0 Å². The summed E-state index contributed by atoms with van der Waals surface area (Å²) in [5.41, 5.74) is 2.50. The molecular formula is C11H7BrCl2N2. The number of halogens is 3. The molecule has 0 bridgehead atoms. The van der Waals surface area contributed by atoms with Crippen molar-refractivity contribution in [2.75, 3.05) is 0 Å². The average molecular weight is 318 g/mol. The minimum atomic E-state index is 0.517. The Morgan fingerprint density at radius 1 is 1.19 bits per heavy atom. The van der Waals surface area contributed by atoms with Crippen LogP contribution in [0.4, 0.5) is 0 Å². The predicted octanol–water partition coefficient (Wildman–Crippen LogP) is 4.35. The van der Waals surface area contributed by atoms with Gasteiger partial charge in [-0.05, 0) is 12.1 Å². The lowest BCUT2D eigenvalue weighted by atomic mass is 10.1. The maximum Gasteiger partial charge on any atom is 0.116 e. The summed E-state index contributed by atoms with van der Waals surface area (Å²) in [6.45, 7) is 0. The molecule has 2 nitrogen and oxygen atoms in total. The molecule has 0 spiro atoms. The number of nitrogens with zero attached hydrogens (tertiary/aromatic N) is 2. The van der Waals surface area contributed by atoms with Gasteiger partial charge in [0.25, 0.3) is 0 Å². The first-order chi connectivity index (χ1) is 7.72. The molecule has 0 aliphatic carbocycles. The molecular weight excluding hydrogens is 311 g/mol. The van der Waals surface area contributed by atoms with Crippen molar-refractivity contribution >= 4 is 39.1 Å². The highest BCUT2D eigenvalue weighted by Crippen LogP contribution is 2.32. The van der Waals surface area contributed by atoms with Crippen LogP contribution < -0.4 is 0 Å². The molecule has 1 heterocycles. The van der Waals surface area contributed by atoms with E-state index in [0.717, 1.165) is 17.0 Å². The van der Waals surface area contributed by atoms with Gasteiger partial charge < -0.3 is 0 Å². The average Bonchev–Trinajstić information content (AvgIpc) is 2.33. The fourth-order valence-electron chi connectivity index (χ4n) is 1.32. The van der Waals surface area contributed by atoms with Gasteiger partial charge in [-0.25, -0.2) is 9.97 Å². The topological polar surface area (TPSA) is 25.8 Å². The molecule has 0 aliphatic heterocycles. The first kappa shape index (κ1) is 11.8. The zero-order valence-electron chi connectivity index (χ0n) is 8.12. The molecule has 0 aliphatic rings. The molecule has 2 aromatic rings. The van der Waals surface area contributed by atoms with Gasteiger partial charge >= 0.3 is 0 Å². The zero-order chi connectivity index (χ0) is 11.5. The van der Waals surface area contributed by atoms with E-state index in [9.17, 15) is 0 Å². The minimum Gasteiger partial charge on any atom is -0.240 e. The molecule has 0 saturated carbocycles. The van der Waals surface area contributed by atoms with Crippen LogP contribution in [0.25, 0.3) is 11.3 Å². The van der Waals surface area contributed by atoms with Gasteiger partial charge in [-0.1, -0.05) is 51.3 Å². The summed E-state index contributed by atoms with van der Waals surface area (Å²) in [5, 5.41) is 1.72. The van der Waals surface area contributed by atoms with E-state index in [0.29, 0.717) is 15.4 Å². The first-order valence-electron chi connectivity index (χ1n) is 4.53. The molecule has 0 amide bonds. The molecule has 0 N–H and O–H groups in total. The summed E-state index contributed by atoms with van der Waals surface area (Å²) in [5.74, 6) is 0. The maximum absolute atomic E-state index is 6.12. The van der Waals surface area contributed by atoms with Crippen molar-refractivity contribution in [1.82, 2.24) is 9.97 Å². The molecule has 0 atom stereocenters. The van der Waals surface area contributed by atoms with E-state index in [1.807, 2.05) is 18.2 Å². The smallest absolute Gasteiger partial charge is 0.116 e. The summed E-state index contributed by atoms with van der Waals surface area (Å²) in [7, 11) is 0. The molecule has 5 heteroatoms. The van der Waals surface area contributed by atoms with Gasteiger partial charge in [0, 0.05) is 10.9 Å². The Bertz CT molecular complexity index is 517. The molecule has 16 heavy (non-hydrogen) atoms. The van der Waals surface area contributed by atoms with Gasteiger partial charge in [0.05, 0.1) is 21.4 Å². The predicted molar refractivity (Wildman–Crippen MR) is 70.1 cm³/mol. The van der Waals surface area contributed by atoms with E-state index in [1.54, 1.807) is 6.07 Å². The lowest BCUT2D eigenvalue weighted by molar-refractivity contribution is 1.10. The van der Waals surface area contributed by atoms with E-state index in [-0.39, 0.29) is 0 Å². The monoisotopic (exact) mass is 316 g/mol. The van der Waals surface area contributed by atoms with E-state index in [4.69, 9.17) is 23.2 Å². The van der Waals surface area contributed by atoms with E-state index >= 15 is 0 Å². The Labute approximate surface area is 112 Å². The highest BCUT2D eigenvalue weighted by atomic mass is 79.9. The first-order valence-corrected chi connectivity index (χ1v) is 6.41. The van der Waals surface area contributed by atoms with Gasteiger partial charge in [-0.3, -0.25) is 0 Å². The van der Waals surface area contributed by atoms with E-state index in [1.165, 1.54) is 6.33 Å². The fourth-order valence-corrected chi connectivity index (χ4v) is 2.02. The summed E-state index contributed by atoms with van der Waals surface area (Å²) in [6.07, 6.45) is 1.52. The highest BCUT2D eigenvalue weighted by molar-refractivity contribution is 9.08. The Morgan fingerprint density at radius 3 is 2.75 bits per heavy atom. The van der Waals surface area contributed by atoms with Crippen LogP contribution in [0.3, 0.4) is 0 Å². The number of alkyl halides is 1. The third-order valence-corrected chi connectivity index (χ3v) is 3.48. The number of aromatic nitrogens is 2. The number of benzene rings is 1. The van der Waals surface area contributed by atoms with Gasteiger partial charge in [0.2, 0.25) is 0 Å². The van der Waals surface area contributed by atoms with Crippen molar-refractivity contribution < 1.29 is 0 Å². The Balaban J connectivity index is 2.54. The van der Waals surface area contributed by atoms with Crippen LogP contribution in [0.15, 0.2) is 30.6 Å². The van der Waals surface area contributed by atoms with Crippen LogP contribution in [0, 0.1) is 0 Å². The van der Waals surface area contributed by atoms with Crippen LogP contribution in [0.2, 0.25) is 10.0 Å². The van der Waals surface area contributed by atoms with Crippen LogP contribution in [-0.2, 0) is 5.33 Å². The molecule has 0 saturated heterocycles. The minimum absolute atomic E-state index is 0.517. The standard InChI is InChI=1S/C11H7BrCl2N2/c12-5-7-4-10(16-6-15-7)8-2-1-3-9(13)11(8)14/h1-4,6H,5H2. The molecule has 1 aromatic heterocycles. The molecule has 0 unspecified atom stereocenters. The van der Waals surface area contributed by atoms with E-state index < -0.39 is 0 Å². The van der Waals surface area contributed by atoms with Crippen molar-refractivity contribution in [3.05, 3.63) is 46.3 Å². The van der Waals surface area contributed by atoms with Gasteiger partial charge in [-0.15, -0.1) is 0 Å². The number of hydrogen-bond donors (Lipinski definition) is 0. The van der Waals surface area contributed by atoms with Crippen LogP contribution in [0.1, 0.15) is 5.69 Å². The molecule has 0 radical (unpaired) electrons. The third-order valence-electron chi connectivity index (χ3n) is 2.09. The second-order valence-electron chi connectivity index (χ2n) is 3.13. The summed E-state index contributed by atoms with van der Waals surface area (Å²) >= 11 is 15.4. The fraction of sp³-hybridized carbons (Fsp3) is 0.0909. The highest BCUT2D eigenvalue weighted by Gasteiger charge is 2.08. The summed E-state index contributed by atoms with van der Waals surface area (Å²) in [6, 6.07) is 7.36. The van der Waals surface area contributed by atoms with Crippen LogP contribution >= 0.6 is 39.1 Å². The largest absolute Gasteiger partial charge is 0.240 e. The van der Waals surface area contributed by atoms with Crippen molar-refractivity contribution in [2.24, 2.45) is 0 Å². The molecule has 82 valence electrons. The summed E-state index contributed by atoms with van der Waals surface area (Å²) < 4.78 is 0. The Kier molecular flexibility index (Phi) is 3.79. The van der Waals surface area contributed by atoms with Gasteiger partial charge in [-0.2, -0.15) is 0 Å². The van der Waals surface area contributed by atoms with E-state index in [2.05, 4.69) is 25.9 Å². The summed E-state index contributed by atoms with van der Waals surface area (Å²) in [4.78, 5) is 8.29.